The van der Waals surface area contributed by atoms with Gasteiger partial charge in [-0.05, 0) is 38.0 Å². The Balaban J connectivity index is 1.81. The molecule has 2 atom stereocenters. The summed E-state index contributed by atoms with van der Waals surface area (Å²) in [5.41, 5.74) is 0.317. The summed E-state index contributed by atoms with van der Waals surface area (Å²) in [4.78, 5) is 15.1. The Morgan fingerprint density at radius 2 is 2.07 bits per heavy atom. The molecule has 1 aromatic heterocycles. The molecule has 0 saturated carbocycles. The molecule has 4 rings (SSSR count). The van der Waals surface area contributed by atoms with Gasteiger partial charge in [0.1, 0.15) is 5.69 Å². The smallest absolute Gasteiger partial charge is 0.255 e. The predicted molar refractivity (Wildman–Crippen MR) is 114 cm³/mol. The van der Waals surface area contributed by atoms with Gasteiger partial charge in [0.05, 0.1) is 30.1 Å². The van der Waals surface area contributed by atoms with E-state index in [0.717, 1.165) is 18.4 Å². The number of halogens is 1. The first-order chi connectivity index (χ1) is 14.3. The predicted octanol–water partition coefficient (Wildman–Crippen LogP) is 1.92. The van der Waals surface area contributed by atoms with Crippen molar-refractivity contribution in [1.82, 2.24) is 14.7 Å². The van der Waals surface area contributed by atoms with Crippen LogP contribution in [0.25, 0.3) is 0 Å². The number of anilines is 1. The number of aliphatic hydroxyl groups excluding tert-OH is 1. The second-order valence-electron chi connectivity index (χ2n) is 7.73. The lowest BCUT2D eigenvalue weighted by Gasteiger charge is -2.40. The zero-order chi connectivity index (χ0) is 21.5. The Morgan fingerprint density at radius 1 is 1.33 bits per heavy atom. The summed E-state index contributed by atoms with van der Waals surface area (Å²) in [5, 5.41) is 31.9. The fraction of sp³-hybridized carbons (Fsp3) is 0.381. The zero-order valence-electron chi connectivity index (χ0n) is 16.9. The highest BCUT2D eigenvalue weighted by atomic mass is 35.5. The molecular weight excluding hydrogens is 406 g/mol. The van der Waals surface area contributed by atoms with Gasteiger partial charge < -0.3 is 15.1 Å². The van der Waals surface area contributed by atoms with Gasteiger partial charge in [0.15, 0.2) is 5.72 Å². The maximum atomic E-state index is 13.5. The van der Waals surface area contributed by atoms with Gasteiger partial charge in [0.25, 0.3) is 5.91 Å². The monoisotopic (exact) mass is 429 g/mol. The molecule has 30 heavy (non-hydrogen) atoms. The van der Waals surface area contributed by atoms with E-state index in [1.54, 1.807) is 47.2 Å². The number of carbonyl (C=O) groups is 1. The number of aryl methyl sites for hydroxylation is 1. The molecule has 2 aromatic rings. The Hall–Kier alpha value is -2.68. The molecule has 2 aliphatic heterocycles. The first kappa shape index (κ1) is 20.6. The summed E-state index contributed by atoms with van der Waals surface area (Å²) in [6.45, 7) is 1.97. The number of aromatic nitrogens is 2. The van der Waals surface area contributed by atoms with Crippen molar-refractivity contribution in [2.75, 3.05) is 18.2 Å². The lowest BCUT2D eigenvalue weighted by atomic mass is 9.96. The van der Waals surface area contributed by atoms with Gasteiger partial charge >= 0.3 is 0 Å². The van der Waals surface area contributed by atoms with Crippen molar-refractivity contribution in [3.05, 3.63) is 58.9 Å². The molecule has 3 heterocycles. The average Bonchev–Trinajstić information content (AvgIpc) is 3.36. The normalized spacial score (nSPS) is 24.1. The molecule has 1 saturated heterocycles. The lowest BCUT2D eigenvalue weighted by molar-refractivity contribution is -0.130. The maximum absolute atomic E-state index is 13.5. The quantitative estimate of drug-likeness (QED) is 0.774. The minimum Gasteiger partial charge on any atom is -0.394 e. The van der Waals surface area contributed by atoms with Crippen molar-refractivity contribution in [1.29, 1.82) is 0 Å². The van der Waals surface area contributed by atoms with E-state index < -0.39 is 5.72 Å². The van der Waals surface area contributed by atoms with E-state index >= 15 is 0 Å². The van der Waals surface area contributed by atoms with Gasteiger partial charge in [0.2, 0.25) is 0 Å². The fourth-order valence-corrected chi connectivity index (χ4v) is 4.05. The molecule has 158 valence electrons. The van der Waals surface area contributed by atoms with Crippen molar-refractivity contribution in [2.24, 2.45) is 12.1 Å². The third kappa shape index (κ3) is 3.62. The topological polar surface area (TPSA) is 94.2 Å². The van der Waals surface area contributed by atoms with Gasteiger partial charge in [-0.1, -0.05) is 23.7 Å². The van der Waals surface area contributed by atoms with Crippen LogP contribution in [-0.4, -0.2) is 61.4 Å². The van der Waals surface area contributed by atoms with Crippen LogP contribution in [0, 0.1) is 0 Å². The maximum Gasteiger partial charge on any atom is 0.255 e. The summed E-state index contributed by atoms with van der Waals surface area (Å²) in [6.07, 6.45) is 6.47. The molecular formula is C21H24ClN5O3. The molecule has 0 spiro atoms. The Labute approximate surface area is 179 Å². The molecule has 0 bridgehead atoms. The van der Waals surface area contributed by atoms with Crippen LogP contribution in [0.2, 0.25) is 5.02 Å². The van der Waals surface area contributed by atoms with Crippen LogP contribution in [0.1, 0.15) is 25.3 Å². The minimum absolute atomic E-state index is 0.106. The number of allylic oxidation sites excluding steroid dienone is 1. The van der Waals surface area contributed by atoms with Crippen LogP contribution in [0.4, 0.5) is 5.69 Å². The molecule has 2 aliphatic rings. The summed E-state index contributed by atoms with van der Waals surface area (Å²) < 4.78 is 1.60. The molecule has 1 fully saturated rings. The number of hydrogen-bond donors (Lipinski definition) is 2. The number of amides is 1. The summed E-state index contributed by atoms with van der Waals surface area (Å²) in [5.74, 6) is -0.313. The van der Waals surface area contributed by atoms with E-state index in [9.17, 15) is 15.0 Å². The van der Waals surface area contributed by atoms with Gasteiger partial charge in [-0.25, -0.2) is 5.01 Å². The van der Waals surface area contributed by atoms with Crippen molar-refractivity contribution in [3.8, 4) is 0 Å². The first-order valence-electron chi connectivity index (χ1n) is 9.81. The molecule has 0 aliphatic carbocycles. The van der Waals surface area contributed by atoms with Crippen LogP contribution >= 0.6 is 11.6 Å². The highest BCUT2D eigenvalue weighted by Gasteiger charge is 2.44. The molecule has 1 aromatic carbocycles. The van der Waals surface area contributed by atoms with Crippen molar-refractivity contribution < 1.29 is 15.0 Å². The van der Waals surface area contributed by atoms with Crippen LogP contribution in [0.3, 0.4) is 0 Å². The Kier molecular flexibility index (Phi) is 5.40. The molecule has 1 amide bonds. The number of benzene rings is 1. The number of nitrogens with zero attached hydrogens (tertiary/aromatic N) is 5. The molecule has 9 heteroatoms. The summed E-state index contributed by atoms with van der Waals surface area (Å²) in [7, 11) is 1.77. The Bertz CT molecular complexity index is 1010. The van der Waals surface area contributed by atoms with E-state index in [1.807, 2.05) is 12.1 Å². The van der Waals surface area contributed by atoms with E-state index in [0.29, 0.717) is 23.0 Å². The third-order valence-corrected chi connectivity index (χ3v) is 5.82. The van der Waals surface area contributed by atoms with Crippen molar-refractivity contribution in [2.45, 2.75) is 31.5 Å². The number of rotatable bonds is 4. The molecule has 0 unspecified atom stereocenters. The third-order valence-electron chi connectivity index (χ3n) is 5.57. The van der Waals surface area contributed by atoms with Gasteiger partial charge in [-0.3, -0.25) is 9.48 Å². The van der Waals surface area contributed by atoms with Crippen molar-refractivity contribution >= 4 is 28.9 Å². The van der Waals surface area contributed by atoms with Gasteiger partial charge in [-0.2, -0.15) is 10.2 Å². The van der Waals surface area contributed by atoms with E-state index in [2.05, 4.69) is 10.2 Å². The second-order valence-corrected chi connectivity index (χ2v) is 8.17. The van der Waals surface area contributed by atoms with Crippen LogP contribution in [0.15, 0.2) is 53.4 Å². The van der Waals surface area contributed by atoms with Crippen LogP contribution in [-0.2, 0) is 11.8 Å². The molecule has 8 nitrogen and oxygen atoms in total. The number of aliphatic hydroxyl groups is 2. The number of carbonyl (C=O) groups excluding carboxylic acids is 1. The van der Waals surface area contributed by atoms with E-state index in [-0.39, 0.29) is 24.1 Å². The second kappa shape index (κ2) is 7.86. The fourth-order valence-electron chi connectivity index (χ4n) is 3.92. The largest absolute Gasteiger partial charge is 0.394 e. The van der Waals surface area contributed by atoms with Crippen LogP contribution in [0.5, 0.6) is 0 Å². The lowest BCUT2D eigenvalue weighted by Crippen LogP contribution is -2.53. The van der Waals surface area contributed by atoms with Crippen LogP contribution < -0.4 is 5.01 Å². The standard InChI is InChI=1S/C21H24ClN5O3/c1-21(30)18(20(29)26-9-3-4-16(26)13-28)10-19(14-5-7-15(22)8-6-14)24-27(21)17-11-23-25(2)12-17/h5-8,10-12,16,28,30H,3-4,9,13H2,1-2H3/t16-,21+/m0/s1. The van der Waals surface area contributed by atoms with Gasteiger partial charge in [-0.15, -0.1) is 0 Å². The highest BCUT2D eigenvalue weighted by molar-refractivity contribution is 6.30. The zero-order valence-corrected chi connectivity index (χ0v) is 17.6. The number of hydrogen-bond acceptors (Lipinski definition) is 6. The molecule has 0 radical (unpaired) electrons. The van der Waals surface area contributed by atoms with E-state index in [1.165, 1.54) is 11.9 Å². The summed E-state index contributed by atoms with van der Waals surface area (Å²) in [6, 6.07) is 6.87. The average molecular weight is 430 g/mol. The number of likely N-dealkylation sites (tertiary alicyclic amines) is 1. The van der Waals surface area contributed by atoms with E-state index in [4.69, 9.17) is 11.6 Å². The van der Waals surface area contributed by atoms with Crippen molar-refractivity contribution in [3.63, 3.8) is 0 Å². The molecule has 2 N–H and O–H groups in total. The first-order valence-corrected chi connectivity index (χ1v) is 10.2. The van der Waals surface area contributed by atoms with Gasteiger partial charge in [0, 0.05) is 30.4 Å². The Morgan fingerprint density at radius 3 is 2.70 bits per heavy atom. The SMILES string of the molecule is Cn1cc(N2N=C(c3ccc(Cl)cc3)C=C(C(=O)N3CCC[C@H]3CO)[C@@]2(C)O)cn1. The number of hydrazone groups is 1. The minimum atomic E-state index is -1.70. The highest BCUT2D eigenvalue weighted by Crippen LogP contribution is 2.35. The summed E-state index contributed by atoms with van der Waals surface area (Å²) >= 11 is 6.02.